The summed E-state index contributed by atoms with van der Waals surface area (Å²) >= 11 is 0. The van der Waals surface area contributed by atoms with Crippen molar-refractivity contribution in [1.82, 2.24) is 9.55 Å². The number of hydrogen-bond acceptors (Lipinski definition) is 4. The Labute approximate surface area is 163 Å². The zero-order valence-corrected chi connectivity index (χ0v) is 16.2. The van der Waals surface area contributed by atoms with Crippen molar-refractivity contribution in [2.75, 3.05) is 13.2 Å². The highest BCUT2D eigenvalue weighted by atomic mass is 16.5. The molecule has 1 aliphatic rings. The van der Waals surface area contributed by atoms with Crippen LogP contribution in [0, 0.1) is 13.8 Å². The quantitative estimate of drug-likeness (QED) is 0.521. The minimum Gasteiger partial charge on any atom is -0.453 e. The number of esters is 1. The topological polar surface area (TPSA) is 73.3 Å². The molecule has 1 saturated heterocycles. The van der Waals surface area contributed by atoms with E-state index in [0.29, 0.717) is 11.3 Å². The van der Waals surface area contributed by atoms with Crippen molar-refractivity contribution in [2.45, 2.75) is 39.3 Å². The van der Waals surface area contributed by atoms with Crippen LogP contribution in [-0.4, -0.2) is 40.6 Å². The van der Waals surface area contributed by atoms with Crippen LogP contribution in [0.1, 0.15) is 45.1 Å². The number of rotatable bonds is 6. The van der Waals surface area contributed by atoms with Gasteiger partial charge in [-0.05, 0) is 44.9 Å². The minimum atomic E-state index is -0.530. The summed E-state index contributed by atoms with van der Waals surface area (Å²) in [5.41, 5.74) is 3.70. The maximum Gasteiger partial charge on any atom is 0.355 e. The second-order valence-corrected chi connectivity index (χ2v) is 7.30. The van der Waals surface area contributed by atoms with E-state index in [0.717, 1.165) is 48.3 Å². The number of aromatic amines is 1. The Morgan fingerprint density at radius 3 is 2.82 bits per heavy atom. The van der Waals surface area contributed by atoms with E-state index in [1.54, 1.807) is 6.07 Å². The lowest BCUT2D eigenvalue weighted by Crippen LogP contribution is -2.18. The number of carbonyl (C=O) groups is 2. The Bertz CT molecular complexity index is 992. The number of carbonyl (C=O) groups excluding carboxylic acids is 2. The molecule has 4 rings (SSSR count). The molecule has 1 N–H and O–H groups in total. The molecule has 0 bridgehead atoms. The molecule has 1 aromatic carbocycles. The molecule has 2 aromatic heterocycles. The van der Waals surface area contributed by atoms with Crippen molar-refractivity contribution in [1.29, 1.82) is 0 Å². The van der Waals surface area contributed by atoms with Crippen LogP contribution in [0.3, 0.4) is 0 Å². The molecule has 1 atom stereocenters. The molecule has 146 valence electrons. The predicted molar refractivity (Wildman–Crippen MR) is 106 cm³/mol. The number of nitrogens with zero attached hydrogens (tertiary/aromatic N) is 1. The van der Waals surface area contributed by atoms with Crippen LogP contribution in [-0.2, 0) is 16.0 Å². The molecule has 28 heavy (non-hydrogen) atoms. The molecule has 3 heterocycles. The Balaban J connectivity index is 1.42. The van der Waals surface area contributed by atoms with Crippen LogP contribution >= 0.6 is 0 Å². The predicted octanol–water partition coefficient (Wildman–Crippen LogP) is 3.80. The number of ether oxygens (including phenoxy) is 2. The number of Topliss-reactive ketones (excluding diaryl/α,β-unsaturated/α-hetero) is 1. The van der Waals surface area contributed by atoms with Gasteiger partial charge < -0.3 is 19.0 Å². The Hall–Kier alpha value is -2.86. The molecule has 1 fully saturated rings. The van der Waals surface area contributed by atoms with Gasteiger partial charge in [-0.15, -0.1) is 0 Å². The van der Waals surface area contributed by atoms with Crippen LogP contribution < -0.4 is 0 Å². The Morgan fingerprint density at radius 2 is 2.07 bits per heavy atom. The lowest BCUT2D eigenvalue weighted by Gasteiger charge is -2.14. The van der Waals surface area contributed by atoms with Crippen molar-refractivity contribution < 1.29 is 19.1 Å². The van der Waals surface area contributed by atoms with Gasteiger partial charge in [0.25, 0.3) is 0 Å². The number of ketones is 1. The third-order valence-electron chi connectivity index (χ3n) is 5.37. The molecular weight excluding hydrogens is 356 g/mol. The largest absolute Gasteiger partial charge is 0.453 e. The van der Waals surface area contributed by atoms with E-state index < -0.39 is 5.97 Å². The Kier molecular flexibility index (Phi) is 5.05. The fraction of sp³-hybridized carbons (Fsp3) is 0.364. The summed E-state index contributed by atoms with van der Waals surface area (Å²) < 4.78 is 13.1. The molecule has 0 unspecified atom stereocenters. The van der Waals surface area contributed by atoms with Gasteiger partial charge in [-0.25, -0.2) is 4.79 Å². The van der Waals surface area contributed by atoms with Crippen molar-refractivity contribution in [3.05, 3.63) is 59.0 Å². The number of H-pyrrole nitrogens is 1. The first kappa shape index (κ1) is 18.5. The highest BCUT2D eigenvalue weighted by Crippen LogP contribution is 2.21. The summed E-state index contributed by atoms with van der Waals surface area (Å²) in [5, 5.41) is 0.929. The summed E-state index contributed by atoms with van der Waals surface area (Å²) in [6.45, 7) is 5.18. The fourth-order valence-electron chi connectivity index (χ4n) is 3.83. The summed E-state index contributed by atoms with van der Waals surface area (Å²) in [6.07, 6.45) is 2.33. The van der Waals surface area contributed by atoms with Gasteiger partial charge >= 0.3 is 5.97 Å². The third kappa shape index (κ3) is 3.60. The smallest absolute Gasteiger partial charge is 0.355 e. The monoisotopic (exact) mass is 380 g/mol. The summed E-state index contributed by atoms with van der Waals surface area (Å²) in [4.78, 5) is 28.0. The Morgan fingerprint density at radius 1 is 1.25 bits per heavy atom. The number of benzene rings is 1. The summed E-state index contributed by atoms with van der Waals surface area (Å²) in [5.74, 6) is -0.728. The number of nitrogens with one attached hydrogen (secondary N) is 1. The fourth-order valence-corrected chi connectivity index (χ4v) is 3.83. The molecule has 0 aliphatic carbocycles. The molecule has 0 spiro atoms. The van der Waals surface area contributed by atoms with E-state index in [2.05, 4.69) is 9.55 Å². The van der Waals surface area contributed by atoms with Crippen molar-refractivity contribution >= 4 is 22.7 Å². The second kappa shape index (κ2) is 7.64. The van der Waals surface area contributed by atoms with Crippen molar-refractivity contribution in [3.8, 4) is 0 Å². The second-order valence-electron chi connectivity index (χ2n) is 7.30. The maximum absolute atomic E-state index is 12.6. The van der Waals surface area contributed by atoms with Gasteiger partial charge in [0.05, 0.1) is 6.10 Å². The maximum atomic E-state index is 12.6. The van der Waals surface area contributed by atoms with Crippen LogP contribution in [0.2, 0.25) is 0 Å². The van der Waals surface area contributed by atoms with E-state index in [1.807, 2.05) is 44.2 Å². The third-order valence-corrected chi connectivity index (χ3v) is 5.37. The molecule has 6 heteroatoms. The van der Waals surface area contributed by atoms with Gasteiger partial charge in [-0.2, -0.15) is 0 Å². The van der Waals surface area contributed by atoms with Gasteiger partial charge in [0, 0.05) is 41.0 Å². The van der Waals surface area contributed by atoms with Gasteiger partial charge in [0.15, 0.2) is 6.61 Å². The number of fused-ring (bicyclic) bond motifs is 1. The molecular formula is C22H24N2O4. The van der Waals surface area contributed by atoms with Crippen LogP contribution in [0.15, 0.2) is 36.4 Å². The van der Waals surface area contributed by atoms with Crippen molar-refractivity contribution in [2.24, 2.45) is 0 Å². The zero-order chi connectivity index (χ0) is 19.7. The average Bonchev–Trinajstić information content (AvgIpc) is 3.41. The van der Waals surface area contributed by atoms with E-state index in [4.69, 9.17) is 9.47 Å². The molecule has 0 saturated carbocycles. The molecule has 1 aliphatic heterocycles. The highest BCUT2D eigenvalue weighted by molar-refractivity contribution is 6.01. The van der Waals surface area contributed by atoms with Gasteiger partial charge in [0.1, 0.15) is 5.69 Å². The van der Waals surface area contributed by atoms with E-state index in [1.165, 1.54) is 0 Å². The lowest BCUT2D eigenvalue weighted by atomic mass is 10.1. The minimum absolute atomic E-state index is 0.198. The lowest BCUT2D eigenvalue weighted by molar-refractivity contribution is 0.0469. The number of hydrogen-bond donors (Lipinski definition) is 1. The van der Waals surface area contributed by atoms with Gasteiger partial charge in [-0.1, -0.05) is 18.2 Å². The summed E-state index contributed by atoms with van der Waals surface area (Å²) in [7, 11) is 0. The molecule has 6 nitrogen and oxygen atoms in total. The standard InChI is InChI=1S/C22H24N2O4/c1-14-10-18(15(2)24(14)12-17-7-5-9-27-17)21(25)13-28-22(26)20-11-16-6-3-4-8-19(16)23-20/h3-4,6,8,10-11,17,23H,5,7,9,12-13H2,1-2H3/t17-/m1/s1. The van der Waals surface area contributed by atoms with Crippen LogP contribution in [0.4, 0.5) is 0 Å². The van der Waals surface area contributed by atoms with E-state index in [-0.39, 0.29) is 18.5 Å². The van der Waals surface area contributed by atoms with E-state index in [9.17, 15) is 9.59 Å². The number of aryl methyl sites for hydroxylation is 1. The first-order chi connectivity index (χ1) is 13.5. The van der Waals surface area contributed by atoms with Crippen molar-refractivity contribution in [3.63, 3.8) is 0 Å². The first-order valence-corrected chi connectivity index (χ1v) is 9.59. The van der Waals surface area contributed by atoms with Gasteiger partial charge in [0.2, 0.25) is 5.78 Å². The average molecular weight is 380 g/mol. The van der Waals surface area contributed by atoms with E-state index >= 15 is 0 Å². The highest BCUT2D eigenvalue weighted by Gasteiger charge is 2.22. The number of para-hydroxylation sites is 1. The normalized spacial score (nSPS) is 16.6. The molecule has 3 aromatic rings. The van der Waals surface area contributed by atoms with Crippen LogP contribution in [0.25, 0.3) is 10.9 Å². The summed E-state index contributed by atoms with van der Waals surface area (Å²) in [6, 6.07) is 11.2. The first-order valence-electron chi connectivity index (χ1n) is 9.59. The molecule has 0 radical (unpaired) electrons. The SMILES string of the molecule is Cc1cc(C(=O)COC(=O)c2cc3ccccc3[nH]2)c(C)n1C[C@H]1CCCO1. The van der Waals surface area contributed by atoms with Gasteiger partial charge in [-0.3, -0.25) is 4.79 Å². The number of aromatic nitrogens is 2. The zero-order valence-electron chi connectivity index (χ0n) is 16.2. The molecule has 0 amide bonds. The van der Waals surface area contributed by atoms with Crippen LogP contribution in [0.5, 0.6) is 0 Å².